The van der Waals surface area contributed by atoms with Crippen molar-refractivity contribution in [2.45, 2.75) is 57.3 Å². The maximum absolute atomic E-state index is 12.6. The molecule has 1 aliphatic rings. The molecule has 0 spiro atoms. The van der Waals surface area contributed by atoms with E-state index in [4.69, 9.17) is 0 Å². The van der Waals surface area contributed by atoms with Gasteiger partial charge >= 0.3 is 0 Å². The maximum Gasteiger partial charge on any atom is 0.251 e. The summed E-state index contributed by atoms with van der Waals surface area (Å²) in [7, 11) is 0. The lowest BCUT2D eigenvalue weighted by Crippen LogP contribution is -2.41. The molecule has 1 heterocycles. The Kier molecular flexibility index (Phi) is 8.00. The van der Waals surface area contributed by atoms with E-state index in [9.17, 15) is 9.59 Å². The Hall–Kier alpha value is -3.13. The quantitative estimate of drug-likeness (QED) is 0.473. The average molecular weight is 478 g/mol. The van der Waals surface area contributed by atoms with Crippen LogP contribution in [0.25, 0.3) is 5.69 Å². The third kappa shape index (κ3) is 6.05. The predicted octanol–water partition coefficient (Wildman–Crippen LogP) is 4.29. The Bertz CT molecular complexity index is 1130. The number of benzene rings is 2. The molecule has 0 saturated heterocycles. The van der Waals surface area contributed by atoms with Gasteiger partial charge in [0.1, 0.15) is 0 Å². The van der Waals surface area contributed by atoms with Crippen LogP contribution in [0.2, 0.25) is 0 Å². The van der Waals surface area contributed by atoms with Crippen molar-refractivity contribution in [2.24, 2.45) is 5.92 Å². The molecule has 0 radical (unpaired) electrons. The van der Waals surface area contributed by atoms with E-state index in [0.29, 0.717) is 22.5 Å². The highest BCUT2D eigenvalue weighted by Crippen LogP contribution is 2.25. The van der Waals surface area contributed by atoms with Crippen molar-refractivity contribution >= 4 is 23.6 Å². The van der Waals surface area contributed by atoms with E-state index in [1.165, 1.54) is 24.6 Å². The summed E-state index contributed by atoms with van der Waals surface area (Å²) >= 11 is 1.36. The molecule has 1 aliphatic carbocycles. The highest BCUT2D eigenvalue weighted by molar-refractivity contribution is 7.99. The van der Waals surface area contributed by atoms with Crippen molar-refractivity contribution < 1.29 is 9.59 Å². The number of nitrogens with zero attached hydrogens (tertiary/aromatic N) is 3. The molecule has 3 aromatic rings. The molecule has 4 rings (SSSR count). The summed E-state index contributed by atoms with van der Waals surface area (Å²) in [6.45, 7) is 4.39. The second kappa shape index (κ2) is 11.3. The number of para-hydroxylation sites is 1. The molecule has 178 valence electrons. The molecule has 0 bridgehead atoms. The fourth-order valence-corrected chi connectivity index (χ4v) is 5.08. The van der Waals surface area contributed by atoms with Gasteiger partial charge in [-0.15, -0.1) is 10.2 Å². The van der Waals surface area contributed by atoms with Crippen LogP contribution in [0.15, 0.2) is 59.8 Å². The molecular weight excluding hydrogens is 446 g/mol. The molecule has 2 aromatic carbocycles. The summed E-state index contributed by atoms with van der Waals surface area (Å²) in [5.41, 5.74) is 2.52. The van der Waals surface area contributed by atoms with Crippen molar-refractivity contribution in [3.8, 4) is 5.69 Å². The second-order valence-electron chi connectivity index (χ2n) is 8.85. The number of amides is 2. The van der Waals surface area contributed by atoms with Crippen molar-refractivity contribution in [3.05, 3.63) is 71.5 Å². The molecular formula is C26H31N5O2S. The normalized spacial score (nSPS) is 17.8. The van der Waals surface area contributed by atoms with Gasteiger partial charge in [-0.05, 0) is 49.9 Å². The molecule has 34 heavy (non-hydrogen) atoms. The molecule has 0 aliphatic heterocycles. The van der Waals surface area contributed by atoms with E-state index in [-0.39, 0.29) is 30.2 Å². The lowest BCUT2D eigenvalue weighted by Gasteiger charge is -2.29. The number of thioether (sulfide) groups is 1. The molecule has 1 aromatic heterocycles. The van der Waals surface area contributed by atoms with E-state index in [2.05, 4.69) is 27.8 Å². The number of aromatic nitrogens is 3. The first-order valence-corrected chi connectivity index (χ1v) is 12.8. The fourth-order valence-electron chi connectivity index (χ4n) is 4.30. The van der Waals surface area contributed by atoms with Crippen molar-refractivity contribution in [1.82, 2.24) is 25.4 Å². The minimum absolute atomic E-state index is 0.0145. The topological polar surface area (TPSA) is 88.9 Å². The number of carbonyl (C=O) groups is 2. The largest absolute Gasteiger partial charge is 0.352 e. The zero-order chi connectivity index (χ0) is 23.9. The maximum atomic E-state index is 12.6. The van der Waals surface area contributed by atoms with Crippen LogP contribution in [0, 0.1) is 12.8 Å². The zero-order valence-electron chi connectivity index (χ0n) is 19.7. The van der Waals surface area contributed by atoms with Crippen LogP contribution >= 0.6 is 11.8 Å². The summed E-state index contributed by atoms with van der Waals surface area (Å²) in [5, 5.41) is 15.4. The highest BCUT2D eigenvalue weighted by Gasteiger charge is 2.23. The van der Waals surface area contributed by atoms with Gasteiger partial charge in [0.2, 0.25) is 5.91 Å². The van der Waals surface area contributed by atoms with Gasteiger partial charge < -0.3 is 10.6 Å². The Morgan fingerprint density at radius 2 is 1.85 bits per heavy atom. The molecule has 2 atom stereocenters. The van der Waals surface area contributed by atoms with Crippen LogP contribution in [0.3, 0.4) is 0 Å². The summed E-state index contributed by atoms with van der Waals surface area (Å²) in [6.07, 6.45) is 4.62. The van der Waals surface area contributed by atoms with Crippen LogP contribution in [-0.2, 0) is 11.3 Å². The Labute approximate surface area is 204 Å². The smallest absolute Gasteiger partial charge is 0.251 e. The van der Waals surface area contributed by atoms with Crippen LogP contribution in [-0.4, -0.2) is 38.4 Å². The van der Waals surface area contributed by atoms with Gasteiger partial charge in [-0.3, -0.25) is 14.2 Å². The third-order valence-corrected chi connectivity index (χ3v) is 7.12. The number of carbonyl (C=O) groups excluding carboxylic acids is 2. The van der Waals surface area contributed by atoms with E-state index >= 15 is 0 Å². The molecule has 7 nitrogen and oxygen atoms in total. The Balaban J connectivity index is 1.45. The monoisotopic (exact) mass is 477 g/mol. The summed E-state index contributed by atoms with van der Waals surface area (Å²) in [6, 6.07) is 17.5. The highest BCUT2D eigenvalue weighted by atomic mass is 32.2. The van der Waals surface area contributed by atoms with Crippen molar-refractivity contribution in [3.63, 3.8) is 0 Å². The predicted molar refractivity (Wildman–Crippen MR) is 134 cm³/mol. The van der Waals surface area contributed by atoms with Crippen molar-refractivity contribution in [2.75, 3.05) is 5.75 Å². The molecule has 0 unspecified atom stereocenters. The van der Waals surface area contributed by atoms with Gasteiger partial charge in [-0.25, -0.2) is 0 Å². The number of hydrogen-bond donors (Lipinski definition) is 2. The SMILES string of the molecule is Cc1cccc(C(=O)NCc2nnc(SCC(=O)N[C@H]3CCCC[C@H]3C)n2-c2ccccc2)c1. The Morgan fingerprint density at radius 3 is 2.62 bits per heavy atom. The van der Waals surface area contributed by atoms with Gasteiger partial charge in [0.15, 0.2) is 11.0 Å². The van der Waals surface area contributed by atoms with Crippen molar-refractivity contribution in [1.29, 1.82) is 0 Å². The van der Waals surface area contributed by atoms with Crippen LogP contribution in [0.1, 0.15) is 54.4 Å². The standard InChI is InChI=1S/C26H31N5O2S/c1-18-9-8-11-20(15-18)25(33)27-16-23-29-30-26(31(23)21-12-4-3-5-13-21)34-17-24(32)28-22-14-7-6-10-19(22)2/h3-5,8-9,11-13,15,19,22H,6-7,10,14,16-17H2,1-2H3,(H,27,33)(H,28,32)/t19-,22+/m1/s1. The van der Waals surface area contributed by atoms with E-state index in [0.717, 1.165) is 24.1 Å². The first-order chi connectivity index (χ1) is 16.5. The number of hydrogen-bond acceptors (Lipinski definition) is 5. The second-order valence-corrected chi connectivity index (χ2v) is 9.79. The molecule has 2 amide bonds. The number of aryl methyl sites for hydroxylation is 1. The van der Waals surface area contributed by atoms with Crippen LogP contribution < -0.4 is 10.6 Å². The first-order valence-electron chi connectivity index (χ1n) is 11.8. The van der Waals surface area contributed by atoms with Gasteiger partial charge in [0.25, 0.3) is 5.91 Å². The number of nitrogens with one attached hydrogen (secondary N) is 2. The Morgan fingerprint density at radius 1 is 1.06 bits per heavy atom. The van der Waals surface area contributed by atoms with E-state index in [1.807, 2.05) is 60.0 Å². The van der Waals surface area contributed by atoms with Gasteiger partial charge in [-0.1, -0.05) is 67.4 Å². The van der Waals surface area contributed by atoms with E-state index < -0.39 is 0 Å². The third-order valence-electron chi connectivity index (χ3n) is 6.19. The summed E-state index contributed by atoms with van der Waals surface area (Å²) in [4.78, 5) is 25.3. The number of rotatable bonds is 8. The van der Waals surface area contributed by atoms with Crippen LogP contribution in [0.5, 0.6) is 0 Å². The lowest BCUT2D eigenvalue weighted by atomic mass is 9.86. The molecule has 8 heteroatoms. The van der Waals surface area contributed by atoms with Gasteiger partial charge in [-0.2, -0.15) is 0 Å². The van der Waals surface area contributed by atoms with Gasteiger partial charge in [0.05, 0.1) is 12.3 Å². The van der Waals surface area contributed by atoms with E-state index in [1.54, 1.807) is 6.07 Å². The summed E-state index contributed by atoms with van der Waals surface area (Å²) < 4.78 is 1.90. The molecule has 1 saturated carbocycles. The average Bonchev–Trinajstić information content (AvgIpc) is 3.26. The molecule has 1 fully saturated rings. The minimum Gasteiger partial charge on any atom is -0.352 e. The summed E-state index contributed by atoms with van der Waals surface area (Å²) in [5.74, 6) is 1.24. The van der Waals surface area contributed by atoms with Gasteiger partial charge in [0, 0.05) is 17.3 Å². The van der Waals surface area contributed by atoms with Crippen LogP contribution in [0.4, 0.5) is 0 Å². The zero-order valence-corrected chi connectivity index (χ0v) is 20.5. The minimum atomic E-state index is -0.165. The molecule has 2 N–H and O–H groups in total. The fraction of sp³-hybridized carbons (Fsp3) is 0.385. The lowest BCUT2D eigenvalue weighted by molar-refractivity contribution is -0.119. The first kappa shape index (κ1) is 24.0.